The number of amides is 1. The van der Waals surface area contributed by atoms with Gasteiger partial charge in [0.1, 0.15) is 5.75 Å². The lowest BCUT2D eigenvalue weighted by atomic mass is 10.1. The molecule has 7 heteroatoms. The molecule has 4 rings (SSSR count). The number of ether oxygens (including phenoxy) is 1. The van der Waals surface area contributed by atoms with E-state index in [1.807, 2.05) is 12.1 Å². The second kappa shape index (κ2) is 7.62. The number of anilines is 1. The van der Waals surface area contributed by atoms with Crippen LogP contribution in [0.1, 0.15) is 28.0 Å². The van der Waals surface area contributed by atoms with Crippen LogP contribution in [0.3, 0.4) is 0 Å². The van der Waals surface area contributed by atoms with Crippen LogP contribution in [0.2, 0.25) is 10.0 Å². The Morgan fingerprint density at radius 2 is 1.96 bits per heavy atom. The molecule has 2 aromatic carbocycles. The predicted octanol–water partition coefficient (Wildman–Crippen LogP) is 4.97. The zero-order valence-corrected chi connectivity index (χ0v) is 15.9. The molecule has 1 aromatic heterocycles. The van der Waals surface area contributed by atoms with E-state index in [1.165, 1.54) is 22.2 Å². The van der Waals surface area contributed by atoms with Crippen LogP contribution in [0.5, 0.6) is 5.75 Å². The maximum Gasteiger partial charge on any atom is 0.276 e. The normalized spacial score (nSPS) is 12.7. The van der Waals surface area contributed by atoms with E-state index >= 15 is 0 Å². The molecule has 0 saturated heterocycles. The quantitative estimate of drug-likeness (QED) is 0.656. The smallest absolute Gasteiger partial charge is 0.276 e. The Morgan fingerprint density at radius 3 is 2.81 bits per heavy atom. The molecule has 0 spiro atoms. The van der Waals surface area contributed by atoms with Crippen molar-refractivity contribution in [1.82, 2.24) is 9.78 Å². The standard InChI is InChI=1S/C20H17Cl2N3O2/c21-15-5-7-19(17(22)11-15)27-12-25-9-8-18(24-25)20(26)23-16-6-4-13-2-1-3-14(13)10-16/h4-11H,1-3,12H2,(H,23,26). The van der Waals surface area contributed by atoms with Crippen molar-refractivity contribution >= 4 is 34.8 Å². The number of carbonyl (C=O) groups is 1. The fourth-order valence-corrected chi connectivity index (χ4v) is 3.59. The largest absolute Gasteiger partial charge is 0.470 e. The molecule has 1 aliphatic rings. The molecule has 27 heavy (non-hydrogen) atoms. The Morgan fingerprint density at radius 1 is 1.11 bits per heavy atom. The van der Waals surface area contributed by atoms with E-state index in [0.29, 0.717) is 21.5 Å². The molecular formula is C20H17Cl2N3O2. The number of carbonyl (C=O) groups excluding carboxylic acids is 1. The summed E-state index contributed by atoms with van der Waals surface area (Å²) in [6, 6.07) is 12.7. The maximum absolute atomic E-state index is 12.4. The monoisotopic (exact) mass is 401 g/mol. The van der Waals surface area contributed by atoms with E-state index in [4.69, 9.17) is 27.9 Å². The Hall–Kier alpha value is -2.50. The van der Waals surface area contributed by atoms with Gasteiger partial charge in [0.05, 0.1) is 5.02 Å². The summed E-state index contributed by atoms with van der Waals surface area (Å²) in [6.45, 7) is 0.132. The van der Waals surface area contributed by atoms with Crippen LogP contribution in [-0.4, -0.2) is 15.7 Å². The van der Waals surface area contributed by atoms with Crippen molar-refractivity contribution in [3.05, 3.63) is 75.5 Å². The number of hydrogen-bond donors (Lipinski definition) is 1. The van der Waals surface area contributed by atoms with Gasteiger partial charge in [-0.25, -0.2) is 4.68 Å². The van der Waals surface area contributed by atoms with E-state index in [0.717, 1.165) is 18.5 Å². The van der Waals surface area contributed by atoms with Gasteiger partial charge in [-0.1, -0.05) is 29.3 Å². The fourth-order valence-electron chi connectivity index (χ4n) is 3.13. The summed E-state index contributed by atoms with van der Waals surface area (Å²) in [5, 5.41) is 8.11. The van der Waals surface area contributed by atoms with Crippen LogP contribution in [0.25, 0.3) is 0 Å². The highest BCUT2D eigenvalue weighted by Gasteiger charge is 2.14. The predicted molar refractivity (Wildman–Crippen MR) is 106 cm³/mol. The van der Waals surface area contributed by atoms with Gasteiger partial charge >= 0.3 is 0 Å². The molecule has 138 valence electrons. The zero-order chi connectivity index (χ0) is 18.8. The van der Waals surface area contributed by atoms with Crippen LogP contribution in [0.15, 0.2) is 48.7 Å². The minimum Gasteiger partial charge on any atom is -0.470 e. The molecule has 1 amide bonds. The lowest BCUT2D eigenvalue weighted by Crippen LogP contribution is -2.14. The molecule has 0 fully saturated rings. The second-order valence-electron chi connectivity index (χ2n) is 6.38. The number of rotatable bonds is 5. The zero-order valence-electron chi connectivity index (χ0n) is 14.4. The summed E-state index contributed by atoms with van der Waals surface area (Å²) < 4.78 is 7.15. The molecule has 3 aromatic rings. The highest BCUT2D eigenvalue weighted by molar-refractivity contribution is 6.35. The third-order valence-electron chi connectivity index (χ3n) is 4.48. The molecule has 0 radical (unpaired) electrons. The number of halogens is 2. The van der Waals surface area contributed by atoms with Gasteiger partial charge in [0.2, 0.25) is 0 Å². The van der Waals surface area contributed by atoms with Gasteiger partial charge in [-0.05, 0) is 66.8 Å². The van der Waals surface area contributed by atoms with E-state index in [2.05, 4.69) is 16.5 Å². The lowest BCUT2D eigenvalue weighted by molar-refractivity contribution is 0.102. The summed E-state index contributed by atoms with van der Waals surface area (Å²) in [5.41, 5.74) is 3.79. The average Bonchev–Trinajstić information content (AvgIpc) is 3.30. The summed E-state index contributed by atoms with van der Waals surface area (Å²) in [7, 11) is 0. The summed E-state index contributed by atoms with van der Waals surface area (Å²) >= 11 is 11.9. The van der Waals surface area contributed by atoms with Crippen molar-refractivity contribution in [2.45, 2.75) is 26.0 Å². The van der Waals surface area contributed by atoms with Crippen molar-refractivity contribution in [2.75, 3.05) is 5.32 Å². The number of hydrogen-bond acceptors (Lipinski definition) is 3. The van der Waals surface area contributed by atoms with Crippen molar-refractivity contribution in [3.63, 3.8) is 0 Å². The Balaban J connectivity index is 1.39. The molecule has 5 nitrogen and oxygen atoms in total. The Labute approximate surface area is 166 Å². The second-order valence-corrected chi connectivity index (χ2v) is 7.22. The molecule has 0 saturated carbocycles. The van der Waals surface area contributed by atoms with E-state index in [1.54, 1.807) is 30.5 Å². The molecule has 0 aliphatic heterocycles. The van der Waals surface area contributed by atoms with E-state index in [-0.39, 0.29) is 12.6 Å². The lowest BCUT2D eigenvalue weighted by Gasteiger charge is -2.08. The molecule has 0 bridgehead atoms. The minimum atomic E-state index is -0.253. The highest BCUT2D eigenvalue weighted by atomic mass is 35.5. The molecule has 1 N–H and O–H groups in total. The van der Waals surface area contributed by atoms with E-state index in [9.17, 15) is 4.79 Å². The first-order valence-corrected chi connectivity index (χ1v) is 9.38. The first kappa shape index (κ1) is 17.9. The number of aromatic nitrogens is 2. The molecular weight excluding hydrogens is 385 g/mol. The summed E-state index contributed by atoms with van der Waals surface area (Å²) in [4.78, 5) is 12.4. The van der Waals surface area contributed by atoms with E-state index < -0.39 is 0 Å². The number of nitrogens with zero attached hydrogens (tertiary/aromatic N) is 2. The van der Waals surface area contributed by atoms with Gasteiger partial charge in [0.25, 0.3) is 5.91 Å². The molecule has 1 aliphatic carbocycles. The fraction of sp³-hybridized carbons (Fsp3) is 0.200. The van der Waals surface area contributed by atoms with Gasteiger partial charge in [-0.2, -0.15) is 5.10 Å². The molecule has 0 unspecified atom stereocenters. The van der Waals surface area contributed by atoms with Gasteiger partial charge in [-0.15, -0.1) is 0 Å². The Bertz CT molecular complexity index is 1000. The van der Waals surface area contributed by atoms with Crippen LogP contribution in [-0.2, 0) is 19.6 Å². The van der Waals surface area contributed by atoms with Crippen molar-refractivity contribution in [2.24, 2.45) is 0 Å². The average molecular weight is 402 g/mol. The van der Waals surface area contributed by atoms with Gasteiger partial charge in [0, 0.05) is 16.9 Å². The molecule has 0 atom stereocenters. The van der Waals surface area contributed by atoms with Gasteiger partial charge in [0.15, 0.2) is 12.4 Å². The SMILES string of the molecule is O=C(Nc1ccc2c(c1)CCC2)c1ccn(COc2ccc(Cl)cc2Cl)n1. The maximum atomic E-state index is 12.4. The number of benzene rings is 2. The van der Waals surface area contributed by atoms with Gasteiger partial charge in [-0.3, -0.25) is 4.79 Å². The highest BCUT2D eigenvalue weighted by Crippen LogP contribution is 2.28. The third kappa shape index (κ3) is 4.10. The first-order chi connectivity index (χ1) is 13.1. The first-order valence-electron chi connectivity index (χ1n) is 8.63. The van der Waals surface area contributed by atoms with Crippen LogP contribution < -0.4 is 10.1 Å². The van der Waals surface area contributed by atoms with Crippen LogP contribution in [0.4, 0.5) is 5.69 Å². The summed E-state index contributed by atoms with van der Waals surface area (Å²) in [6.07, 6.45) is 5.04. The number of fused-ring (bicyclic) bond motifs is 1. The van der Waals surface area contributed by atoms with Crippen LogP contribution in [0, 0.1) is 0 Å². The number of nitrogens with one attached hydrogen (secondary N) is 1. The van der Waals surface area contributed by atoms with Crippen molar-refractivity contribution < 1.29 is 9.53 Å². The van der Waals surface area contributed by atoms with Crippen LogP contribution >= 0.6 is 23.2 Å². The van der Waals surface area contributed by atoms with Crippen molar-refractivity contribution in [3.8, 4) is 5.75 Å². The topological polar surface area (TPSA) is 56.2 Å². The number of aryl methyl sites for hydroxylation is 2. The van der Waals surface area contributed by atoms with Crippen molar-refractivity contribution in [1.29, 1.82) is 0 Å². The minimum absolute atomic E-state index is 0.132. The van der Waals surface area contributed by atoms with Gasteiger partial charge < -0.3 is 10.1 Å². The third-order valence-corrected chi connectivity index (χ3v) is 5.01. The Kier molecular flexibility index (Phi) is 5.05. The summed E-state index contributed by atoms with van der Waals surface area (Å²) in [5.74, 6) is 0.247. The molecule has 1 heterocycles.